The summed E-state index contributed by atoms with van der Waals surface area (Å²) in [6.07, 6.45) is 6.62. The zero-order valence-corrected chi connectivity index (χ0v) is 13.7. The van der Waals surface area contributed by atoms with Gasteiger partial charge in [0.2, 0.25) is 0 Å². The van der Waals surface area contributed by atoms with Crippen molar-refractivity contribution in [3.63, 3.8) is 0 Å². The summed E-state index contributed by atoms with van der Waals surface area (Å²) in [6.45, 7) is 10.3. The highest BCUT2D eigenvalue weighted by atomic mass is 14.9. The number of nitrogens with one attached hydrogen (secondary N) is 1. The van der Waals surface area contributed by atoms with Crippen molar-refractivity contribution in [2.45, 2.75) is 65.8 Å². The second kappa shape index (κ2) is 7.26. The zero-order chi connectivity index (χ0) is 14.5. The largest absolute Gasteiger partial charge is 0.314 e. The van der Waals surface area contributed by atoms with Crippen molar-refractivity contribution in [1.29, 1.82) is 0 Å². The maximum atomic E-state index is 3.79. The molecule has 3 unspecified atom stereocenters. The van der Waals surface area contributed by atoms with Crippen LogP contribution in [0.4, 0.5) is 0 Å². The molecule has 0 heterocycles. The number of aryl methyl sites for hydroxylation is 2. The molecular weight excluding hydrogens is 242 g/mol. The molecule has 1 nitrogen and oxygen atoms in total. The lowest BCUT2D eigenvalue weighted by Crippen LogP contribution is -2.41. The first-order valence-electron chi connectivity index (χ1n) is 8.39. The summed E-state index contributed by atoms with van der Waals surface area (Å²) in [5.41, 5.74) is 4.37. The van der Waals surface area contributed by atoms with Gasteiger partial charge in [0, 0.05) is 6.04 Å². The number of benzene rings is 1. The molecule has 0 bridgehead atoms. The van der Waals surface area contributed by atoms with E-state index in [2.05, 4.69) is 51.2 Å². The summed E-state index contributed by atoms with van der Waals surface area (Å²) in [6, 6.07) is 7.74. The Morgan fingerprint density at radius 1 is 1.15 bits per heavy atom. The van der Waals surface area contributed by atoms with Gasteiger partial charge in [-0.1, -0.05) is 32.0 Å². The van der Waals surface area contributed by atoms with Gasteiger partial charge in [-0.05, 0) is 81.0 Å². The van der Waals surface area contributed by atoms with Crippen molar-refractivity contribution >= 4 is 0 Å². The molecule has 1 fully saturated rings. The SMILES string of the molecule is CCCNC1CCC(C)CC1Cc1ccc(C)c(C)c1. The molecule has 1 aromatic carbocycles. The van der Waals surface area contributed by atoms with E-state index in [0.717, 1.165) is 17.9 Å². The Hall–Kier alpha value is -0.820. The highest BCUT2D eigenvalue weighted by Gasteiger charge is 2.28. The first-order valence-corrected chi connectivity index (χ1v) is 8.39. The van der Waals surface area contributed by atoms with E-state index in [1.807, 2.05) is 0 Å². The van der Waals surface area contributed by atoms with Crippen LogP contribution in [0.1, 0.15) is 56.2 Å². The van der Waals surface area contributed by atoms with Crippen LogP contribution < -0.4 is 5.32 Å². The topological polar surface area (TPSA) is 12.0 Å². The third-order valence-electron chi connectivity index (χ3n) is 4.97. The third kappa shape index (κ3) is 4.09. The molecule has 0 aromatic heterocycles. The Balaban J connectivity index is 2.04. The highest BCUT2D eigenvalue weighted by molar-refractivity contribution is 5.30. The number of hydrogen-bond acceptors (Lipinski definition) is 1. The maximum Gasteiger partial charge on any atom is 0.00986 e. The normalized spacial score (nSPS) is 26.7. The van der Waals surface area contributed by atoms with Crippen LogP contribution in [0, 0.1) is 25.7 Å². The third-order valence-corrected chi connectivity index (χ3v) is 4.97. The fourth-order valence-corrected chi connectivity index (χ4v) is 3.56. The lowest BCUT2D eigenvalue weighted by Gasteiger charge is -2.36. The number of hydrogen-bond donors (Lipinski definition) is 1. The van der Waals surface area contributed by atoms with Crippen LogP contribution in [0.15, 0.2) is 18.2 Å². The average Bonchev–Trinajstić information content (AvgIpc) is 2.42. The molecule has 1 saturated carbocycles. The van der Waals surface area contributed by atoms with Crippen LogP contribution >= 0.6 is 0 Å². The quantitative estimate of drug-likeness (QED) is 0.823. The van der Waals surface area contributed by atoms with Crippen molar-refractivity contribution in [3.05, 3.63) is 34.9 Å². The molecule has 1 aliphatic rings. The van der Waals surface area contributed by atoms with Gasteiger partial charge >= 0.3 is 0 Å². The summed E-state index contributed by atoms with van der Waals surface area (Å²) < 4.78 is 0. The van der Waals surface area contributed by atoms with Crippen LogP contribution in [0.3, 0.4) is 0 Å². The fraction of sp³-hybridized carbons (Fsp3) is 0.684. The fourth-order valence-electron chi connectivity index (χ4n) is 3.56. The van der Waals surface area contributed by atoms with Gasteiger partial charge < -0.3 is 5.32 Å². The van der Waals surface area contributed by atoms with Gasteiger partial charge in [-0.25, -0.2) is 0 Å². The minimum atomic E-state index is 0.729. The van der Waals surface area contributed by atoms with Crippen LogP contribution in [-0.4, -0.2) is 12.6 Å². The average molecular weight is 273 g/mol. The van der Waals surface area contributed by atoms with E-state index < -0.39 is 0 Å². The first-order chi connectivity index (χ1) is 9.60. The molecule has 0 saturated heterocycles. The Morgan fingerprint density at radius 2 is 1.95 bits per heavy atom. The molecule has 3 atom stereocenters. The molecule has 1 aliphatic carbocycles. The highest BCUT2D eigenvalue weighted by Crippen LogP contribution is 2.31. The Morgan fingerprint density at radius 3 is 2.65 bits per heavy atom. The lowest BCUT2D eigenvalue weighted by atomic mass is 9.76. The van der Waals surface area contributed by atoms with Gasteiger partial charge in [0.15, 0.2) is 0 Å². The van der Waals surface area contributed by atoms with Crippen LogP contribution in [-0.2, 0) is 6.42 Å². The molecule has 0 spiro atoms. The summed E-state index contributed by atoms with van der Waals surface area (Å²) >= 11 is 0. The van der Waals surface area contributed by atoms with Gasteiger partial charge in [0.25, 0.3) is 0 Å². The molecule has 2 rings (SSSR count). The Labute approximate surface area is 125 Å². The van der Waals surface area contributed by atoms with Gasteiger partial charge in [-0.2, -0.15) is 0 Å². The van der Waals surface area contributed by atoms with Gasteiger partial charge in [-0.15, -0.1) is 0 Å². The molecule has 0 radical (unpaired) electrons. The minimum absolute atomic E-state index is 0.729. The van der Waals surface area contributed by atoms with E-state index in [9.17, 15) is 0 Å². The molecule has 20 heavy (non-hydrogen) atoms. The summed E-state index contributed by atoms with van der Waals surface area (Å²) in [7, 11) is 0. The lowest BCUT2D eigenvalue weighted by molar-refractivity contribution is 0.212. The minimum Gasteiger partial charge on any atom is -0.314 e. The molecule has 0 amide bonds. The second-order valence-electron chi connectivity index (χ2n) is 6.86. The van der Waals surface area contributed by atoms with E-state index in [-0.39, 0.29) is 0 Å². The maximum absolute atomic E-state index is 3.79. The van der Waals surface area contributed by atoms with E-state index in [1.165, 1.54) is 55.3 Å². The Kier molecular flexibility index (Phi) is 5.65. The van der Waals surface area contributed by atoms with Gasteiger partial charge in [0.05, 0.1) is 0 Å². The van der Waals surface area contributed by atoms with Crippen LogP contribution in [0.5, 0.6) is 0 Å². The predicted molar refractivity (Wildman–Crippen MR) is 88.2 cm³/mol. The predicted octanol–water partition coefficient (Wildman–Crippen LogP) is 4.65. The van der Waals surface area contributed by atoms with Crippen molar-refractivity contribution < 1.29 is 0 Å². The molecule has 1 N–H and O–H groups in total. The zero-order valence-electron chi connectivity index (χ0n) is 13.7. The smallest absolute Gasteiger partial charge is 0.00986 e. The van der Waals surface area contributed by atoms with E-state index in [1.54, 1.807) is 0 Å². The summed E-state index contributed by atoms with van der Waals surface area (Å²) in [4.78, 5) is 0. The van der Waals surface area contributed by atoms with Crippen LogP contribution in [0.25, 0.3) is 0 Å². The Bertz CT molecular complexity index is 422. The van der Waals surface area contributed by atoms with E-state index >= 15 is 0 Å². The first kappa shape index (κ1) is 15.6. The van der Waals surface area contributed by atoms with Crippen LogP contribution in [0.2, 0.25) is 0 Å². The van der Waals surface area contributed by atoms with E-state index in [4.69, 9.17) is 0 Å². The van der Waals surface area contributed by atoms with Gasteiger partial charge in [-0.3, -0.25) is 0 Å². The summed E-state index contributed by atoms with van der Waals surface area (Å²) in [5, 5.41) is 3.79. The molecule has 1 heteroatoms. The molecule has 0 aliphatic heterocycles. The van der Waals surface area contributed by atoms with Crippen molar-refractivity contribution in [1.82, 2.24) is 5.32 Å². The molecular formula is C19H31N. The van der Waals surface area contributed by atoms with Gasteiger partial charge in [0.1, 0.15) is 0 Å². The summed E-state index contributed by atoms with van der Waals surface area (Å²) in [5.74, 6) is 1.71. The molecule has 1 aromatic rings. The molecule has 112 valence electrons. The standard InChI is InChI=1S/C19H31N/c1-5-10-20-19-9-6-14(2)11-18(19)13-17-8-7-15(3)16(4)12-17/h7-8,12,14,18-20H,5-6,9-11,13H2,1-4H3. The monoisotopic (exact) mass is 273 g/mol. The second-order valence-corrected chi connectivity index (χ2v) is 6.86. The number of rotatable bonds is 5. The van der Waals surface area contributed by atoms with E-state index in [0.29, 0.717) is 0 Å². The van der Waals surface area contributed by atoms with Crippen molar-refractivity contribution in [3.8, 4) is 0 Å². The van der Waals surface area contributed by atoms with Crippen molar-refractivity contribution in [2.75, 3.05) is 6.54 Å². The van der Waals surface area contributed by atoms with Crippen molar-refractivity contribution in [2.24, 2.45) is 11.8 Å².